The standard InChI is InChI=1S/C16H13ClN2O2/c17-13-7-4-11(5-8-13)6-9-15(20)19-14-3-1-2-12(10-14)16(18)21/h1-10H,(H2,18,21)(H,19,20)/b9-6+. The molecule has 106 valence electrons. The molecule has 0 aliphatic rings. The van der Waals surface area contributed by atoms with Gasteiger partial charge in [0.05, 0.1) is 0 Å². The number of benzene rings is 2. The van der Waals surface area contributed by atoms with Gasteiger partial charge in [-0.1, -0.05) is 29.8 Å². The number of carbonyl (C=O) groups is 2. The Kier molecular flexibility index (Phi) is 4.74. The summed E-state index contributed by atoms with van der Waals surface area (Å²) >= 11 is 5.78. The first kappa shape index (κ1) is 14.8. The third kappa shape index (κ3) is 4.47. The van der Waals surface area contributed by atoms with E-state index in [1.165, 1.54) is 12.1 Å². The zero-order valence-corrected chi connectivity index (χ0v) is 11.8. The molecule has 2 aromatic carbocycles. The van der Waals surface area contributed by atoms with Gasteiger partial charge in [-0.25, -0.2) is 0 Å². The number of nitrogens with one attached hydrogen (secondary N) is 1. The lowest BCUT2D eigenvalue weighted by molar-refractivity contribution is -0.111. The largest absolute Gasteiger partial charge is 0.366 e. The number of rotatable bonds is 4. The average molecular weight is 301 g/mol. The van der Waals surface area contributed by atoms with Crippen molar-refractivity contribution in [3.63, 3.8) is 0 Å². The van der Waals surface area contributed by atoms with Crippen LogP contribution >= 0.6 is 11.6 Å². The molecule has 0 saturated heterocycles. The Morgan fingerprint density at radius 1 is 1.10 bits per heavy atom. The number of nitrogens with two attached hydrogens (primary N) is 1. The SMILES string of the molecule is NC(=O)c1cccc(NC(=O)/C=C/c2ccc(Cl)cc2)c1. The number of anilines is 1. The van der Waals surface area contributed by atoms with Crippen molar-refractivity contribution in [2.75, 3.05) is 5.32 Å². The van der Waals surface area contributed by atoms with E-state index < -0.39 is 5.91 Å². The van der Waals surface area contributed by atoms with Gasteiger partial charge in [0, 0.05) is 22.3 Å². The van der Waals surface area contributed by atoms with Gasteiger partial charge >= 0.3 is 0 Å². The molecule has 0 unspecified atom stereocenters. The molecule has 3 N–H and O–H groups in total. The van der Waals surface area contributed by atoms with E-state index in [1.54, 1.807) is 48.5 Å². The van der Waals surface area contributed by atoms with Crippen LogP contribution in [0.2, 0.25) is 5.02 Å². The molecule has 2 rings (SSSR count). The second-order valence-electron chi connectivity index (χ2n) is 4.32. The van der Waals surface area contributed by atoms with Gasteiger partial charge in [0.2, 0.25) is 11.8 Å². The van der Waals surface area contributed by atoms with E-state index in [9.17, 15) is 9.59 Å². The fourth-order valence-electron chi connectivity index (χ4n) is 1.68. The Balaban J connectivity index is 2.03. The predicted octanol–water partition coefficient (Wildman–Crippen LogP) is 3.09. The van der Waals surface area contributed by atoms with Crippen LogP contribution in [-0.2, 0) is 4.79 Å². The Bertz CT molecular complexity index is 694. The first-order valence-electron chi connectivity index (χ1n) is 6.19. The fraction of sp³-hybridized carbons (Fsp3) is 0. The molecule has 0 heterocycles. The number of amides is 2. The highest BCUT2D eigenvalue weighted by Gasteiger charge is 2.03. The molecule has 0 aliphatic heterocycles. The van der Waals surface area contributed by atoms with E-state index in [2.05, 4.69) is 5.32 Å². The summed E-state index contributed by atoms with van der Waals surface area (Å²) in [5.41, 5.74) is 6.90. The third-order valence-corrected chi connectivity index (χ3v) is 2.96. The predicted molar refractivity (Wildman–Crippen MR) is 84.1 cm³/mol. The van der Waals surface area contributed by atoms with E-state index >= 15 is 0 Å². The van der Waals surface area contributed by atoms with Crippen molar-refractivity contribution in [2.45, 2.75) is 0 Å². The van der Waals surface area contributed by atoms with Crippen LogP contribution in [-0.4, -0.2) is 11.8 Å². The molecule has 2 aromatic rings. The highest BCUT2D eigenvalue weighted by Crippen LogP contribution is 2.12. The van der Waals surface area contributed by atoms with E-state index in [-0.39, 0.29) is 5.91 Å². The van der Waals surface area contributed by atoms with Crippen LogP contribution in [0.15, 0.2) is 54.6 Å². The maximum absolute atomic E-state index is 11.8. The maximum atomic E-state index is 11.8. The van der Waals surface area contributed by atoms with Crippen LogP contribution in [0.3, 0.4) is 0 Å². The lowest BCUT2D eigenvalue weighted by Gasteiger charge is -2.03. The molecule has 0 spiro atoms. The summed E-state index contributed by atoms with van der Waals surface area (Å²) in [6.45, 7) is 0. The normalized spacial score (nSPS) is 10.5. The summed E-state index contributed by atoms with van der Waals surface area (Å²) < 4.78 is 0. The van der Waals surface area contributed by atoms with Crippen molar-refractivity contribution in [3.05, 3.63) is 70.8 Å². The van der Waals surface area contributed by atoms with Gasteiger partial charge in [-0.2, -0.15) is 0 Å². The lowest BCUT2D eigenvalue weighted by Crippen LogP contribution is -2.12. The number of primary amides is 1. The summed E-state index contributed by atoms with van der Waals surface area (Å²) in [5.74, 6) is -0.839. The minimum atomic E-state index is -0.539. The second-order valence-corrected chi connectivity index (χ2v) is 4.76. The Morgan fingerprint density at radius 3 is 2.48 bits per heavy atom. The molecule has 0 aromatic heterocycles. The van der Waals surface area contributed by atoms with Crippen LogP contribution in [0, 0.1) is 0 Å². The second kappa shape index (κ2) is 6.72. The number of carbonyl (C=O) groups excluding carboxylic acids is 2. The molecular formula is C16H13ClN2O2. The topological polar surface area (TPSA) is 72.2 Å². The molecule has 0 saturated carbocycles. The van der Waals surface area contributed by atoms with Gasteiger partial charge in [-0.15, -0.1) is 0 Å². The van der Waals surface area contributed by atoms with Crippen molar-refractivity contribution < 1.29 is 9.59 Å². The maximum Gasteiger partial charge on any atom is 0.248 e. The van der Waals surface area contributed by atoms with Gasteiger partial charge in [-0.3, -0.25) is 9.59 Å². The van der Waals surface area contributed by atoms with Crippen molar-refractivity contribution in [1.29, 1.82) is 0 Å². The molecule has 0 bridgehead atoms. The average Bonchev–Trinajstić information content (AvgIpc) is 2.47. The van der Waals surface area contributed by atoms with E-state index in [0.717, 1.165) is 5.56 Å². The summed E-state index contributed by atoms with van der Waals surface area (Å²) in [7, 11) is 0. The zero-order valence-electron chi connectivity index (χ0n) is 11.0. The Hall–Kier alpha value is -2.59. The minimum Gasteiger partial charge on any atom is -0.366 e. The van der Waals surface area contributed by atoms with Crippen molar-refractivity contribution in [2.24, 2.45) is 5.73 Å². The number of halogens is 1. The minimum absolute atomic E-state index is 0.299. The van der Waals surface area contributed by atoms with Crippen LogP contribution in [0.4, 0.5) is 5.69 Å². The van der Waals surface area contributed by atoms with Gasteiger partial charge in [-0.05, 0) is 42.0 Å². The summed E-state index contributed by atoms with van der Waals surface area (Å²) in [4.78, 5) is 22.9. The van der Waals surface area contributed by atoms with Crippen molar-refractivity contribution in [1.82, 2.24) is 0 Å². The molecule has 4 nitrogen and oxygen atoms in total. The molecule has 0 fully saturated rings. The van der Waals surface area contributed by atoms with E-state index in [0.29, 0.717) is 16.3 Å². The van der Waals surface area contributed by atoms with E-state index in [1.807, 2.05) is 0 Å². The monoisotopic (exact) mass is 300 g/mol. The smallest absolute Gasteiger partial charge is 0.248 e. The van der Waals surface area contributed by atoms with E-state index in [4.69, 9.17) is 17.3 Å². The number of hydrogen-bond acceptors (Lipinski definition) is 2. The molecular weight excluding hydrogens is 288 g/mol. The Labute approximate surface area is 127 Å². The van der Waals surface area contributed by atoms with Crippen molar-refractivity contribution >= 4 is 35.2 Å². The van der Waals surface area contributed by atoms with Gasteiger partial charge in [0.25, 0.3) is 0 Å². The van der Waals surface area contributed by atoms with Crippen molar-refractivity contribution in [3.8, 4) is 0 Å². The molecule has 0 atom stereocenters. The van der Waals surface area contributed by atoms with Crippen LogP contribution < -0.4 is 11.1 Å². The van der Waals surface area contributed by atoms with Gasteiger partial charge < -0.3 is 11.1 Å². The first-order valence-corrected chi connectivity index (χ1v) is 6.57. The van der Waals surface area contributed by atoms with Gasteiger partial charge in [0.1, 0.15) is 0 Å². The molecule has 0 aliphatic carbocycles. The van der Waals surface area contributed by atoms with Crippen LogP contribution in [0.1, 0.15) is 15.9 Å². The quantitative estimate of drug-likeness (QED) is 0.852. The molecule has 21 heavy (non-hydrogen) atoms. The summed E-state index contributed by atoms with van der Waals surface area (Å²) in [6.07, 6.45) is 3.07. The highest BCUT2D eigenvalue weighted by molar-refractivity contribution is 6.30. The van der Waals surface area contributed by atoms with Crippen LogP contribution in [0.5, 0.6) is 0 Å². The lowest BCUT2D eigenvalue weighted by atomic mass is 10.2. The number of hydrogen-bond donors (Lipinski definition) is 2. The Morgan fingerprint density at radius 2 is 1.81 bits per heavy atom. The molecule has 5 heteroatoms. The third-order valence-electron chi connectivity index (χ3n) is 2.71. The fourth-order valence-corrected chi connectivity index (χ4v) is 1.81. The first-order chi connectivity index (χ1) is 10.0. The zero-order chi connectivity index (χ0) is 15.2. The summed E-state index contributed by atoms with van der Waals surface area (Å²) in [6, 6.07) is 13.5. The highest BCUT2D eigenvalue weighted by atomic mass is 35.5. The van der Waals surface area contributed by atoms with Crippen LogP contribution in [0.25, 0.3) is 6.08 Å². The molecule has 2 amide bonds. The summed E-state index contributed by atoms with van der Waals surface area (Å²) in [5, 5.41) is 3.30. The molecule has 0 radical (unpaired) electrons. The van der Waals surface area contributed by atoms with Gasteiger partial charge in [0.15, 0.2) is 0 Å².